The lowest BCUT2D eigenvalue weighted by atomic mass is 9.84. The molecule has 0 N–H and O–H groups in total. The molecule has 1 aromatic carbocycles. The molecule has 26 heavy (non-hydrogen) atoms. The van der Waals surface area contributed by atoms with Crippen LogP contribution in [0.25, 0.3) is 0 Å². The van der Waals surface area contributed by atoms with Gasteiger partial charge in [0.1, 0.15) is 5.60 Å². The highest BCUT2D eigenvalue weighted by Crippen LogP contribution is 2.35. The van der Waals surface area contributed by atoms with E-state index in [4.69, 9.17) is 4.74 Å². The van der Waals surface area contributed by atoms with Gasteiger partial charge >= 0.3 is 6.09 Å². The summed E-state index contributed by atoms with van der Waals surface area (Å²) in [5.41, 5.74) is 2.55. The number of hydrogen-bond acceptors (Lipinski definition) is 2. The molecule has 1 saturated heterocycles. The molecule has 2 aliphatic heterocycles. The van der Waals surface area contributed by atoms with Crippen molar-refractivity contribution in [2.75, 3.05) is 0 Å². The molecule has 0 saturated carbocycles. The Hall–Kier alpha value is -1.77. The van der Waals surface area contributed by atoms with Gasteiger partial charge in [-0.1, -0.05) is 42.0 Å². The average Bonchev–Trinajstić information content (AvgIpc) is 2.57. The van der Waals surface area contributed by atoms with E-state index in [2.05, 4.69) is 36.4 Å². The summed E-state index contributed by atoms with van der Waals surface area (Å²) in [5, 5.41) is 0. The minimum atomic E-state index is -0.424. The Morgan fingerprint density at radius 3 is 2.54 bits per heavy atom. The number of aryl methyl sites for hydroxylation is 1. The van der Waals surface area contributed by atoms with Gasteiger partial charge in [0, 0.05) is 6.04 Å². The van der Waals surface area contributed by atoms with Crippen molar-refractivity contribution in [1.29, 1.82) is 0 Å². The lowest BCUT2D eigenvalue weighted by Gasteiger charge is -2.45. The molecule has 0 spiro atoms. The normalized spacial score (nSPS) is 22.7. The Kier molecular flexibility index (Phi) is 6.05. The molecule has 1 aromatic rings. The topological polar surface area (TPSA) is 29.5 Å². The van der Waals surface area contributed by atoms with Gasteiger partial charge in [-0.05, 0) is 77.7 Å². The van der Waals surface area contributed by atoms with Gasteiger partial charge in [0.15, 0.2) is 0 Å². The molecular weight excluding hydrogens is 322 g/mol. The number of piperidine rings is 1. The third-order valence-electron chi connectivity index (χ3n) is 5.37. The number of benzene rings is 1. The molecule has 0 aliphatic carbocycles. The highest BCUT2D eigenvalue weighted by Gasteiger charge is 2.38. The average molecular weight is 356 g/mol. The van der Waals surface area contributed by atoms with Crippen molar-refractivity contribution in [3.8, 4) is 0 Å². The Balaban J connectivity index is 1.53. The van der Waals surface area contributed by atoms with Gasteiger partial charge in [0.05, 0.1) is 6.04 Å². The minimum absolute atomic E-state index is 0.133. The first kappa shape index (κ1) is 19.0. The fraction of sp³-hybridized carbons (Fsp3) is 0.609. The van der Waals surface area contributed by atoms with Crippen LogP contribution in [0.15, 0.2) is 42.0 Å². The number of amides is 1. The van der Waals surface area contributed by atoms with Crippen LogP contribution in [0.3, 0.4) is 0 Å². The van der Waals surface area contributed by atoms with Crippen LogP contribution in [0.5, 0.6) is 0 Å². The number of unbranched alkanes of at least 4 members (excludes halogenated alkanes) is 1. The van der Waals surface area contributed by atoms with Crippen LogP contribution >= 0.6 is 0 Å². The van der Waals surface area contributed by atoms with E-state index in [0.29, 0.717) is 6.04 Å². The maximum absolute atomic E-state index is 12.6. The third kappa shape index (κ3) is 5.12. The van der Waals surface area contributed by atoms with Crippen LogP contribution in [0, 0.1) is 0 Å². The SMILES string of the molecule is CC(C)(C)OC(=O)N1C2C=C(CCCCc3ccccc3)CC1CCC2. The molecule has 2 unspecified atom stereocenters. The Bertz CT molecular complexity index is 629. The van der Waals surface area contributed by atoms with Gasteiger partial charge in [0.25, 0.3) is 0 Å². The lowest BCUT2D eigenvalue weighted by molar-refractivity contribution is -0.00159. The second-order valence-corrected chi connectivity index (χ2v) is 8.76. The van der Waals surface area contributed by atoms with Crippen molar-refractivity contribution in [2.45, 2.75) is 89.8 Å². The van der Waals surface area contributed by atoms with Gasteiger partial charge in [0.2, 0.25) is 0 Å². The summed E-state index contributed by atoms with van der Waals surface area (Å²) in [6.45, 7) is 5.83. The zero-order valence-electron chi connectivity index (χ0n) is 16.5. The monoisotopic (exact) mass is 355 g/mol. The Labute approximate surface area is 158 Å². The second kappa shape index (κ2) is 8.28. The zero-order chi connectivity index (χ0) is 18.6. The summed E-state index contributed by atoms with van der Waals surface area (Å²) in [7, 11) is 0. The zero-order valence-corrected chi connectivity index (χ0v) is 16.5. The summed E-state index contributed by atoms with van der Waals surface area (Å²) in [5.74, 6) is 0. The molecule has 2 atom stereocenters. The van der Waals surface area contributed by atoms with Crippen molar-refractivity contribution in [2.24, 2.45) is 0 Å². The summed E-state index contributed by atoms with van der Waals surface area (Å²) < 4.78 is 5.65. The van der Waals surface area contributed by atoms with E-state index in [1.807, 2.05) is 25.7 Å². The molecule has 3 rings (SSSR count). The molecule has 0 aromatic heterocycles. The first-order valence-electron chi connectivity index (χ1n) is 10.2. The molecular formula is C23H33NO2. The summed E-state index contributed by atoms with van der Waals surface area (Å²) in [6.07, 6.45) is 11.4. The van der Waals surface area contributed by atoms with Crippen molar-refractivity contribution in [3.63, 3.8) is 0 Å². The maximum atomic E-state index is 12.6. The summed E-state index contributed by atoms with van der Waals surface area (Å²) in [4.78, 5) is 14.6. The number of nitrogens with zero attached hydrogens (tertiary/aromatic N) is 1. The van der Waals surface area contributed by atoms with Gasteiger partial charge in [-0.2, -0.15) is 0 Å². The van der Waals surface area contributed by atoms with E-state index in [1.54, 1.807) is 5.57 Å². The fourth-order valence-corrected chi connectivity index (χ4v) is 4.23. The quantitative estimate of drug-likeness (QED) is 0.487. The van der Waals surface area contributed by atoms with Crippen LogP contribution in [-0.4, -0.2) is 28.7 Å². The first-order valence-corrected chi connectivity index (χ1v) is 10.2. The van der Waals surface area contributed by atoms with Crippen LogP contribution < -0.4 is 0 Å². The largest absolute Gasteiger partial charge is 0.444 e. The lowest BCUT2D eigenvalue weighted by Crippen LogP contribution is -2.53. The smallest absolute Gasteiger partial charge is 0.411 e. The van der Waals surface area contributed by atoms with Crippen LogP contribution in [0.2, 0.25) is 0 Å². The third-order valence-corrected chi connectivity index (χ3v) is 5.37. The highest BCUT2D eigenvalue weighted by molar-refractivity contribution is 5.70. The van der Waals surface area contributed by atoms with Gasteiger partial charge in [-0.25, -0.2) is 4.79 Å². The molecule has 2 bridgehead atoms. The molecule has 3 heteroatoms. The summed E-state index contributed by atoms with van der Waals surface area (Å²) >= 11 is 0. The standard InChI is InChI=1S/C23H33NO2/c1-23(2,3)26-22(25)24-20-14-9-15-21(24)17-19(16-20)13-8-7-12-18-10-5-4-6-11-18/h4-6,10-11,16,20-21H,7-9,12-15,17H2,1-3H3. The van der Waals surface area contributed by atoms with Gasteiger partial charge < -0.3 is 4.74 Å². The van der Waals surface area contributed by atoms with Crippen molar-refractivity contribution in [3.05, 3.63) is 47.5 Å². The highest BCUT2D eigenvalue weighted by atomic mass is 16.6. The van der Waals surface area contributed by atoms with E-state index in [0.717, 1.165) is 25.7 Å². The van der Waals surface area contributed by atoms with Gasteiger partial charge in [-0.3, -0.25) is 4.90 Å². The first-order chi connectivity index (χ1) is 12.4. The van der Waals surface area contributed by atoms with Crippen molar-refractivity contribution >= 4 is 6.09 Å². The minimum Gasteiger partial charge on any atom is -0.444 e. The number of rotatable bonds is 5. The van der Waals surface area contributed by atoms with Crippen molar-refractivity contribution in [1.82, 2.24) is 4.90 Å². The van der Waals surface area contributed by atoms with E-state index in [1.165, 1.54) is 31.2 Å². The molecule has 142 valence electrons. The number of fused-ring (bicyclic) bond motifs is 2. The molecule has 0 radical (unpaired) electrons. The van der Waals surface area contributed by atoms with E-state index >= 15 is 0 Å². The number of ether oxygens (including phenoxy) is 1. The van der Waals surface area contributed by atoms with E-state index in [-0.39, 0.29) is 12.1 Å². The molecule has 2 aliphatic rings. The Morgan fingerprint density at radius 1 is 1.12 bits per heavy atom. The Morgan fingerprint density at radius 2 is 1.85 bits per heavy atom. The van der Waals surface area contributed by atoms with E-state index < -0.39 is 5.60 Å². The van der Waals surface area contributed by atoms with Gasteiger partial charge in [-0.15, -0.1) is 0 Å². The molecule has 1 fully saturated rings. The summed E-state index contributed by atoms with van der Waals surface area (Å²) in [6, 6.07) is 11.3. The number of hydrogen-bond donors (Lipinski definition) is 0. The van der Waals surface area contributed by atoms with Crippen LogP contribution in [0.4, 0.5) is 4.79 Å². The molecule has 2 heterocycles. The molecule has 3 nitrogen and oxygen atoms in total. The van der Waals surface area contributed by atoms with E-state index in [9.17, 15) is 4.79 Å². The molecule has 1 amide bonds. The van der Waals surface area contributed by atoms with Crippen molar-refractivity contribution < 1.29 is 9.53 Å². The second-order valence-electron chi connectivity index (χ2n) is 8.76. The predicted octanol–water partition coefficient (Wildman–Crippen LogP) is 5.89. The van der Waals surface area contributed by atoms with Crippen LogP contribution in [0.1, 0.15) is 71.3 Å². The number of carbonyl (C=O) groups excluding carboxylic acids is 1. The number of carbonyl (C=O) groups is 1. The fourth-order valence-electron chi connectivity index (χ4n) is 4.23. The maximum Gasteiger partial charge on any atom is 0.411 e. The predicted molar refractivity (Wildman–Crippen MR) is 106 cm³/mol. The van der Waals surface area contributed by atoms with Crippen LogP contribution in [-0.2, 0) is 11.2 Å².